The average Bonchev–Trinajstić information content (AvgIpc) is 2.84. The monoisotopic (exact) mass is 259 g/mol. The van der Waals surface area contributed by atoms with Crippen molar-refractivity contribution in [1.82, 2.24) is 0 Å². The number of rotatable bonds is 2. The van der Waals surface area contributed by atoms with Crippen LogP contribution >= 0.6 is 11.3 Å². The molecule has 3 rings (SSSR count). The molecule has 2 nitrogen and oxygen atoms in total. The Kier molecular flexibility index (Phi) is 3.20. The lowest BCUT2D eigenvalue weighted by molar-refractivity contribution is 0.0248. The Morgan fingerprint density at radius 1 is 1.28 bits per heavy atom. The Balaban J connectivity index is 1.94. The van der Waals surface area contributed by atoms with Gasteiger partial charge in [0.05, 0.1) is 12.6 Å². The third-order valence-corrected chi connectivity index (χ3v) is 4.55. The summed E-state index contributed by atoms with van der Waals surface area (Å²) in [6.45, 7) is 2.87. The molecule has 1 aromatic heterocycles. The molecule has 2 heterocycles. The Morgan fingerprint density at radius 2 is 2.11 bits per heavy atom. The van der Waals surface area contributed by atoms with Gasteiger partial charge in [0.1, 0.15) is 6.10 Å². The summed E-state index contributed by atoms with van der Waals surface area (Å²) in [7, 11) is 0. The molecule has 3 heteroatoms. The normalized spacial score (nSPS) is 20.4. The summed E-state index contributed by atoms with van der Waals surface area (Å²) < 4.78 is 5.91. The molecule has 0 bridgehead atoms. The van der Waals surface area contributed by atoms with E-state index in [0.29, 0.717) is 0 Å². The second-order valence-corrected chi connectivity index (χ2v) is 6.03. The average molecular weight is 259 g/mol. The van der Waals surface area contributed by atoms with Gasteiger partial charge in [-0.3, -0.25) is 0 Å². The molecule has 2 atom stereocenters. The van der Waals surface area contributed by atoms with E-state index in [0.717, 1.165) is 13.0 Å². The number of ether oxygens (including phenoxy) is 1. The lowest BCUT2D eigenvalue weighted by Crippen LogP contribution is -2.26. The summed E-state index contributed by atoms with van der Waals surface area (Å²) in [6.07, 6.45) is 0.982. The van der Waals surface area contributed by atoms with Gasteiger partial charge in [0.25, 0.3) is 0 Å². The zero-order chi connectivity index (χ0) is 12.5. The van der Waals surface area contributed by atoms with Gasteiger partial charge >= 0.3 is 0 Å². The number of thiophene rings is 1. The molecule has 0 aliphatic carbocycles. The van der Waals surface area contributed by atoms with Crippen LogP contribution in [0.5, 0.6) is 0 Å². The van der Waals surface area contributed by atoms with Crippen molar-refractivity contribution in [3.05, 3.63) is 57.3 Å². The topological polar surface area (TPSA) is 35.2 Å². The number of hydrogen-bond acceptors (Lipinski definition) is 3. The fourth-order valence-corrected chi connectivity index (χ4v) is 3.41. The molecule has 0 saturated heterocycles. The molecule has 1 aliphatic rings. The minimum Gasteiger partial charge on any atom is -0.371 e. The second-order valence-electron chi connectivity index (χ2n) is 4.71. The van der Waals surface area contributed by atoms with Gasteiger partial charge in [-0.2, -0.15) is 0 Å². The summed E-state index contributed by atoms with van der Waals surface area (Å²) in [5.74, 6) is 0. The van der Waals surface area contributed by atoms with Gasteiger partial charge < -0.3 is 10.5 Å². The molecule has 1 aliphatic heterocycles. The Hall–Kier alpha value is -1.16. The van der Waals surface area contributed by atoms with Crippen molar-refractivity contribution >= 4 is 11.3 Å². The van der Waals surface area contributed by atoms with E-state index in [4.69, 9.17) is 10.5 Å². The molecule has 1 aromatic carbocycles. The van der Waals surface area contributed by atoms with Gasteiger partial charge in [-0.15, -0.1) is 11.3 Å². The van der Waals surface area contributed by atoms with E-state index in [9.17, 15) is 0 Å². The Morgan fingerprint density at radius 3 is 2.89 bits per heavy atom. The van der Waals surface area contributed by atoms with Crippen LogP contribution in [0.3, 0.4) is 0 Å². The van der Waals surface area contributed by atoms with Gasteiger partial charge in [0.15, 0.2) is 0 Å². The molecule has 18 heavy (non-hydrogen) atoms. The minimum atomic E-state index is -0.0647. The van der Waals surface area contributed by atoms with Crippen LogP contribution in [-0.2, 0) is 11.2 Å². The first-order chi connectivity index (χ1) is 8.75. The van der Waals surface area contributed by atoms with Crippen LogP contribution in [0.2, 0.25) is 0 Å². The third kappa shape index (κ3) is 2.09. The smallest absolute Gasteiger partial charge is 0.103 e. The Labute approximate surface area is 111 Å². The molecule has 2 aromatic rings. The highest BCUT2D eigenvalue weighted by Gasteiger charge is 2.27. The largest absolute Gasteiger partial charge is 0.371 e. The third-order valence-electron chi connectivity index (χ3n) is 3.45. The van der Waals surface area contributed by atoms with Crippen molar-refractivity contribution in [2.24, 2.45) is 5.73 Å². The summed E-state index contributed by atoms with van der Waals surface area (Å²) in [5, 5.41) is 0. The zero-order valence-corrected chi connectivity index (χ0v) is 11.2. The lowest BCUT2D eigenvalue weighted by Gasteiger charge is -2.30. The molecule has 0 radical (unpaired) electrons. The van der Waals surface area contributed by atoms with E-state index in [-0.39, 0.29) is 12.1 Å². The molecular formula is C15H17NOS. The van der Waals surface area contributed by atoms with Crippen molar-refractivity contribution in [2.75, 3.05) is 6.61 Å². The van der Waals surface area contributed by atoms with Gasteiger partial charge in [0, 0.05) is 9.75 Å². The molecule has 2 unspecified atom stereocenters. The van der Waals surface area contributed by atoms with Crippen LogP contribution in [0.15, 0.2) is 36.4 Å². The SMILES string of the molecule is Cc1ccc(C(N)C2OCCc3ccccc32)s1. The molecule has 0 saturated carbocycles. The molecule has 0 spiro atoms. The fraction of sp³-hybridized carbons (Fsp3) is 0.333. The van der Waals surface area contributed by atoms with Crippen LogP contribution in [0.1, 0.15) is 33.0 Å². The van der Waals surface area contributed by atoms with Crippen molar-refractivity contribution in [1.29, 1.82) is 0 Å². The quantitative estimate of drug-likeness (QED) is 0.897. The zero-order valence-electron chi connectivity index (χ0n) is 10.4. The number of nitrogens with two attached hydrogens (primary N) is 1. The number of fused-ring (bicyclic) bond motifs is 1. The van der Waals surface area contributed by atoms with Crippen molar-refractivity contribution < 1.29 is 4.74 Å². The first-order valence-corrected chi connectivity index (χ1v) is 7.08. The van der Waals surface area contributed by atoms with E-state index in [2.05, 4.69) is 43.3 Å². The maximum atomic E-state index is 6.38. The first-order valence-electron chi connectivity index (χ1n) is 6.27. The van der Waals surface area contributed by atoms with Crippen LogP contribution < -0.4 is 5.73 Å². The number of aryl methyl sites for hydroxylation is 1. The summed E-state index contributed by atoms with van der Waals surface area (Å²) in [5.41, 5.74) is 9.01. The van der Waals surface area contributed by atoms with E-state index >= 15 is 0 Å². The maximum absolute atomic E-state index is 6.38. The molecule has 0 amide bonds. The first kappa shape index (κ1) is 11.9. The van der Waals surface area contributed by atoms with Crippen molar-refractivity contribution in [2.45, 2.75) is 25.5 Å². The maximum Gasteiger partial charge on any atom is 0.103 e. The molecular weight excluding hydrogens is 242 g/mol. The van der Waals surface area contributed by atoms with E-state index in [1.54, 1.807) is 11.3 Å². The van der Waals surface area contributed by atoms with Crippen LogP contribution in [0, 0.1) is 6.92 Å². The molecule has 94 valence electrons. The van der Waals surface area contributed by atoms with Crippen molar-refractivity contribution in [3.63, 3.8) is 0 Å². The van der Waals surface area contributed by atoms with E-state index in [1.165, 1.54) is 20.9 Å². The van der Waals surface area contributed by atoms with Gasteiger partial charge in [0.2, 0.25) is 0 Å². The van der Waals surface area contributed by atoms with Crippen LogP contribution in [-0.4, -0.2) is 6.61 Å². The highest BCUT2D eigenvalue weighted by atomic mass is 32.1. The van der Waals surface area contributed by atoms with Gasteiger partial charge in [-0.1, -0.05) is 24.3 Å². The van der Waals surface area contributed by atoms with E-state index in [1.807, 2.05) is 0 Å². The standard InChI is InChI=1S/C15H17NOS/c1-10-6-7-13(18-10)14(16)15-12-5-3-2-4-11(12)8-9-17-15/h2-7,14-15H,8-9,16H2,1H3. The summed E-state index contributed by atoms with van der Waals surface area (Å²) in [6, 6.07) is 12.6. The predicted octanol–water partition coefficient (Wildman–Crippen LogP) is 3.37. The highest BCUT2D eigenvalue weighted by Crippen LogP contribution is 2.37. The number of benzene rings is 1. The van der Waals surface area contributed by atoms with Crippen LogP contribution in [0.4, 0.5) is 0 Å². The summed E-state index contributed by atoms with van der Waals surface area (Å²) in [4.78, 5) is 2.50. The predicted molar refractivity (Wildman–Crippen MR) is 74.8 cm³/mol. The van der Waals surface area contributed by atoms with Gasteiger partial charge in [-0.05, 0) is 36.6 Å². The Bertz CT molecular complexity index is 549. The van der Waals surface area contributed by atoms with Crippen LogP contribution in [0.25, 0.3) is 0 Å². The lowest BCUT2D eigenvalue weighted by atomic mass is 9.93. The second kappa shape index (κ2) is 4.84. The fourth-order valence-electron chi connectivity index (χ4n) is 2.50. The minimum absolute atomic E-state index is 0.00648. The summed E-state index contributed by atoms with van der Waals surface area (Å²) >= 11 is 1.76. The van der Waals surface area contributed by atoms with E-state index < -0.39 is 0 Å². The van der Waals surface area contributed by atoms with Crippen molar-refractivity contribution in [3.8, 4) is 0 Å². The number of hydrogen-bond donors (Lipinski definition) is 1. The highest BCUT2D eigenvalue weighted by molar-refractivity contribution is 7.12. The molecule has 0 fully saturated rings. The molecule has 2 N–H and O–H groups in total. The van der Waals surface area contributed by atoms with Gasteiger partial charge in [-0.25, -0.2) is 0 Å².